The Balaban J connectivity index is 2.09. The number of sulfonamides is 1. The van der Waals surface area contributed by atoms with Crippen LogP contribution in [0.15, 0.2) is 29.2 Å². The standard InChI is InChI=1S/C12H17NO2S/c1-10-5-2-3-8-12(10)16(14,15)13-9-11-6-4-7-11/h2-3,5,8,11,13H,4,6-7,9H2,1H3. The lowest BCUT2D eigenvalue weighted by Gasteiger charge is -2.25. The molecule has 1 N–H and O–H groups in total. The van der Waals surface area contributed by atoms with Gasteiger partial charge in [0.15, 0.2) is 0 Å². The molecule has 1 aliphatic carbocycles. The monoisotopic (exact) mass is 239 g/mol. The predicted molar refractivity (Wildman–Crippen MR) is 63.7 cm³/mol. The van der Waals surface area contributed by atoms with Gasteiger partial charge in [-0.15, -0.1) is 0 Å². The van der Waals surface area contributed by atoms with Crippen LogP contribution in [-0.4, -0.2) is 15.0 Å². The lowest BCUT2D eigenvalue weighted by Crippen LogP contribution is -2.32. The molecule has 0 unspecified atom stereocenters. The minimum absolute atomic E-state index is 0.398. The van der Waals surface area contributed by atoms with Crippen molar-refractivity contribution in [2.24, 2.45) is 5.92 Å². The van der Waals surface area contributed by atoms with E-state index >= 15 is 0 Å². The van der Waals surface area contributed by atoms with Gasteiger partial charge < -0.3 is 0 Å². The van der Waals surface area contributed by atoms with Gasteiger partial charge in [0.05, 0.1) is 4.90 Å². The molecule has 1 aliphatic rings. The second-order valence-electron chi connectivity index (χ2n) is 4.41. The van der Waals surface area contributed by atoms with E-state index in [-0.39, 0.29) is 0 Å². The third-order valence-electron chi connectivity index (χ3n) is 3.17. The van der Waals surface area contributed by atoms with Crippen molar-refractivity contribution >= 4 is 10.0 Å². The van der Waals surface area contributed by atoms with Gasteiger partial charge in [-0.25, -0.2) is 13.1 Å². The third-order valence-corrected chi connectivity index (χ3v) is 4.75. The number of benzene rings is 1. The van der Waals surface area contributed by atoms with Crippen molar-refractivity contribution in [2.75, 3.05) is 6.54 Å². The van der Waals surface area contributed by atoms with Crippen LogP contribution in [0.25, 0.3) is 0 Å². The zero-order valence-electron chi connectivity index (χ0n) is 9.44. The van der Waals surface area contributed by atoms with Crippen LogP contribution >= 0.6 is 0 Å². The van der Waals surface area contributed by atoms with E-state index < -0.39 is 10.0 Å². The van der Waals surface area contributed by atoms with Crippen LogP contribution < -0.4 is 4.72 Å². The molecule has 2 rings (SSSR count). The molecule has 0 spiro atoms. The fourth-order valence-corrected chi connectivity index (χ4v) is 3.22. The smallest absolute Gasteiger partial charge is 0.211 e. The third kappa shape index (κ3) is 2.44. The molecule has 0 atom stereocenters. The minimum Gasteiger partial charge on any atom is -0.211 e. The average molecular weight is 239 g/mol. The summed E-state index contributed by atoms with van der Waals surface area (Å²) in [7, 11) is -3.31. The molecule has 0 saturated heterocycles. The summed E-state index contributed by atoms with van der Waals surface area (Å²) < 4.78 is 26.7. The van der Waals surface area contributed by atoms with Crippen LogP contribution in [0.3, 0.4) is 0 Å². The summed E-state index contributed by atoms with van der Waals surface area (Å²) in [5, 5.41) is 0. The normalized spacial score (nSPS) is 17.1. The number of nitrogens with one attached hydrogen (secondary N) is 1. The van der Waals surface area contributed by atoms with Gasteiger partial charge in [0.25, 0.3) is 0 Å². The van der Waals surface area contributed by atoms with Gasteiger partial charge in [-0.1, -0.05) is 24.6 Å². The van der Waals surface area contributed by atoms with E-state index in [1.165, 1.54) is 6.42 Å². The summed E-state index contributed by atoms with van der Waals surface area (Å²) in [6, 6.07) is 7.07. The van der Waals surface area contributed by atoms with Crippen molar-refractivity contribution < 1.29 is 8.42 Å². The molecule has 1 saturated carbocycles. The van der Waals surface area contributed by atoms with Crippen LogP contribution in [-0.2, 0) is 10.0 Å². The summed E-state index contributed by atoms with van der Waals surface area (Å²) in [4.78, 5) is 0.398. The molecule has 16 heavy (non-hydrogen) atoms. The maximum absolute atomic E-state index is 12.0. The number of hydrogen-bond acceptors (Lipinski definition) is 2. The quantitative estimate of drug-likeness (QED) is 0.874. The molecule has 1 aromatic carbocycles. The molecular formula is C12H17NO2S. The highest BCUT2D eigenvalue weighted by atomic mass is 32.2. The Labute approximate surface area is 96.9 Å². The molecule has 3 nitrogen and oxygen atoms in total. The van der Waals surface area contributed by atoms with Gasteiger partial charge in [-0.2, -0.15) is 0 Å². The number of rotatable bonds is 4. The Kier molecular flexibility index (Phi) is 3.30. The zero-order valence-corrected chi connectivity index (χ0v) is 10.3. The van der Waals surface area contributed by atoms with Crippen molar-refractivity contribution in [1.29, 1.82) is 0 Å². The van der Waals surface area contributed by atoms with E-state index in [1.54, 1.807) is 12.1 Å². The Bertz CT molecular complexity index is 464. The second-order valence-corrected chi connectivity index (χ2v) is 6.15. The van der Waals surface area contributed by atoms with Gasteiger partial charge >= 0.3 is 0 Å². The highest BCUT2D eigenvalue weighted by Gasteiger charge is 2.21. The van der Waals surface area contributed by atoms with Crippen LogP contribution in [0.5, 0.6) is 0 Å². The summed E-state index contributed by atoms with van der Waals surface area (Å²) in [6.45, 7) is 2.40. The van der Waals surface area contributed by atoms with Crippen LogP contribution in [0.1, 0.15) is 24.8 Å². The fraction of sp³-hybridized carbons (Fsp3) is 0.500. The van der Waals surface area contributed by atoms with Crippen molar-refractivity contribution in [3.63, 3.8) is 0 Å². The van der Waals surface area contributed by atoms with E-state index in [9.17, 15) is 8.42 Å². The molecule has 0 aromatic heterocycles. The maximum atomic E-state index is 12.0. The highest BCUT2D eigenvalue weighted by molar-refractivity contribution is 7.89. The zero-order chi connectivity index (χ0) is 11.6. The first-order chi connectivity index (χ1) is 7.59. The average Bonchev–Trinajstić information content (AvgIpc) is 2.15. The summed E-state index contributed by atoms with van der Waals surface area (Å²) in [5.74, 6) is 0.541. The molecule has 88 valence electrons. The molecule has 0 radical (unpaired) electrons. The maximum Gasteiger partial charge on any atom is 0.240 e. The van der Waals surface area contributed by atoms with Gasteiger partial charge in [-0.05, 0) is 37.3 Å². The van der Waals surface area contributed by atoms with Crippen molar-refractivity contribution in [3.05, 3.63) is 29.8 Å². The largest absolute Gasteiger partial charge is 0.240 e. The van der Waals surface area contributed by atoms with Crippen molar-refractivity contribution in [1.82, 2.24) is 4.72 Å². The summed E-state index contributed by atoms with van der Waals surface area (Å²) in [5.41, 5.74) is 0.795. The van der Waals surface area contributed by atoms with E-state index in [0.717, 1.165) is 18.4 Å². The van der Waals surface area contributed by atoms with E-state index in [1.807, 2.05) is 19.1 Å². The fourth-order valence-electron chi connectivity index (χ4n) is 1.86. The van der Waals surface area contributed by atoms with Gasteiger partial charge in [0.1, 0.15) is 0 Å². The van der Waals surface area contributed by atoms with E-state index in [0.29, 0.717) is 17.4 Å². The minimum atomic E-state index is -3.31. The first-order valence-electron chi connectivity index (χ1n) is 5.65. The molecular weight excluding hydrogens is 222 g/mol. The molecule has 0 bridgehead atoms. The topological polar surface area (TPSA) is 46.2 Å². The van der Waals surface area contributed by atoms with Gasteiger partial charge in [0, 0.05) is 6.54 Å². The lowest BCUT2D eigenvalue weighted by molar-refractivity contribution is 0.316. The van der Waals surface area contributed by atoms with Crippen LogP contribution in [0.4, 0.5) is 0 Å². The predicted octanol–water partition coefficient (Wildman–Crippen LogP) is 2.07. The first kappa shape index (κ1) is 11.6. The molecule has 4 heteroatoms. The lowest BCUT2D eigenvalue weighted by atomic mass is 9.86. The number of aryl methyl sites for hydroxylation is 1. The first-order valence-corrected chi connectivity index (χ1v) is 7.13. The second kappa shape index (κ2) is 4.55. The molecule has 0 amide bonds. The van der Waals surface area contributed by atoms with Crippen molar-refractivity contribution in [3.8, 4) is 0 Å². The van der Waals surface area contributed by atoms with Crippen molar-refractivity contribution in [2.45, 2.75) is 31.1 Å². The Hall–Kier alpha value is -0.870. The highest BCUT2D eigenvalue weighted by Crippen LogP contribution is 2.26. The molecule has 1 fully saturated rings. The van der Waals surface area contributed by atoms with E-state index in [4.69, 9.17) is 0 Å². The Morgan fingerprint density at radius 1 is 1.31 bits per heavy atom. The van der Waals surface area contributed by atoms with Gasteiger partial charge in [0.2, 0.25) is 10.0 Å². The van der Waals surface area contributed by atoms with Gasteiger partial charge in [-0.3, -0.25) is 0 Å². The SMILES string of the molecule is Cc1ccccc1S(=O)(=O)NCC1CCC1. The molecule has 0 heterocycles. The number of hydrogen-bond donors (Lipinski definition) is 1. The molecule has 1 aromatic rings. The Morgan fingerprint density at radius 3 is 2.56 bits per heavy atom. The van der Waals surface area contributed by atoms with E-state index in [2.05, 4.69) is 4.72 Å². The Morgan fingerprint density at radius 2 is 2.00 bits per heavy atom. The van der Waals surface area contributed by atoms with Crippen LogP contribution in [0, 0.1) is 12.8 Å². The van der Waals surface area contributed by atoms with Crippen LogP contribution in [0.2, 0.25) is 0 Å². The summed E-state index contributed by atoms with van der Waals surface area (Å²) in [6.07, 6.45) is 3.53. The summed E-state index contributed by atoms with van der Waals surface area (Å²) >= 11 is 0. The molecule has 0 aliphatic heterocycles.